The van der Waals surface area contributed by atoms with E-state index >= 15 is 0 Å². The van der Waals surface area contributed by atoms with Crippen LogP contribution in [0.4, 0.5) is 0 Å². The van der Waals surface area contributed by atoms with E-state index in [-0.39, 0.29) is 6.42 Å². The first kappa shape index (κ1) is 11.3. The van der Waals surface area contributed by atoms with Gasteiger partial charge >= 0.3 is 5.97 Å². The molecule has 19 heavy (non-hydrogen) atoms. The van der Waals surface area contributed by atoms with E-state index in [0.717, 1.165) is 16.9 Å². The standard InChI is InChI=1S/C13H10N4O2/c18-13(19)8-10-7-9(1-4-14-10)11-2-5-15-12-3-6-16-17(11)12/h1-7H,8H2,(H,18,19). The highest BCUT2D eigenvalue weighted by atomic mass is 16.4. The predicted octanol–water partition coefficient (Wildman–Crippen LogP) is 1.42. The number of carbonyl (C=O) groups is 1. The molecule has 1 N–H and O–H groups in total. The number of nitrogens with zero attached hydrogens (tertiary/aromatic N) is 4. The molecule has 0 saturated heterocycles. The highest BCUT2D eigenvalue weighted by Gasteiger charge is 2.07. The Morgan fingerprint density at radius 1 is 1.16 bits per heavy atom. The van der Waals surface area contributed by atoms with Crippen molar-refractivity contribution in [1.82, 2.24) is 19.6 Å². The number of carboxylic acid groups (broad SMARTS) is 1. The molecule has 0 fully saturated rings. The van der Waals surface area contributed by atoms with Gasteiger partial charge < -0.3 is 5.11 Å². The molecule has 3 heterocycles. The summed E-state index contributed by atoms with van der Waals surface area (Å²) in [6, 6.07) is 7.22. The molecular weight excluding hydrogens is 244 g/mol. The fourth-order valence-electron chi connectivity index (χ4n) is 1.94. The Morgan fingerprint density at radius 3 is 2.84 bits per heavy atom. The van der Waals surface area contributed by atoms with Crippen LogP contribution in [-0.4, -0.2) is 30.7 Å². The van der Waals surface area contributed by atoms with Crippen molar-refractivity contribution in [3.63, 3.8) is 0 Å². The molecule has 3 rings (SSSR count). The molecule has 0 unspecified atom stereocenters. The molecular formula is C13H10N4O2. The summed E-state index contributed by atoms with van der Waals surface area (Å²) in [5.41, 5.74) is 2.97. The van der Waals surface area contributed by atoms with Gasteiger partial charge in [-0.25, -0.2) is 9.50 Å². The number of hydrogen-bond acceptors (Lipinski definition) is 4. The van der Waals surface area contributed by atoms with E-state index in [2.05, 4.69) is 15.1 Å². The lowest BCUT2D eigenvalue weighted by molar-refractivity contribution is -0.136. The summed E-state index contributed by atoms with van der Waals surface area (Å²) in [6.45, 7) is 0. The van der Waals surface area contributed by atoms with Gasteiger partial charge in [-0.15, -0.1) is 0 Å². The van der Waals surface area contributed by atoms with E-state index in [0.29, 0.717) is 5.69 Å². The average molecular weight is 254 g/mol. The molecule has 0 aromatic carbocycles. The van der Waals surface area contributed by atoms with Crippen molar-refractivity contribution in [2.45, 2.75) is 6.42 Å². The van der Waals surface area contributed by atoms with Gasteiger partial charge in [-0.3, -0.25) is 9.78 Å². The van der Waals surface area contributed by atoms with E-state index in [1.165, 1.54) is 0 Å². The summed E-state index contributed by atoms with van der Waals surface area (Å²) in [7, 11) is 0. The van der Waals surface area contributed by atoms with Gasteiger partial charge in [0.1, 0.15) is 0 Å². The Labute approximate surface area is 108 Å². The fourth-order valence-corrected chi connectivity index (χ4v) is 1.94. The van der Waals surface area contributed by atoms with Crippen LogP contribution in [0.2, 0.25) is 0 Å². The third kappa shape index (κ3) is 2.15. The first-order chi connectivity index (χ1) is 9.24. The van der Waals surface area contributed by atoms with Crippen LogP contribution in [0, 0.1) is 0 Å². The second-order valence-electron chi connectivity index (χ2n) is 4.04. The summed E-state index contributed by atoms with van der Waals surface area (Å²) < 4.78 is 1.71. The summed E-state index contributed by atoms with van der Waals surface area (Å²) in [5.74, 6) is -0.899. The number of fused-ring (bicyclic) bond motifs is 1. The Hall–Kier alpha value is -2.76. The number of hydrogen-bond donors (Lipinski definition) is 1. The van der Waals surface area contributed by atoms with Gasteiger partial charge in [0.25, 0.3) is 0 Å². The largest absolute Gasteiger partial charge is 0.481 e. The smallest absolute Gasteiger partial charge is 0.309 e. The molecule has 0 saturated carbocycles. The molecule has 0 spiro atoms. The summed E-state index contributed by atoms with van der Waals surface area (Å²) >= 11 is 0. The quantitative estimate of drug-likeness (QED) is 0.764. The van der Waals surface area contributed by atoms with Gasteiger partial charge in [0.15, 0.2) is 5.65 Å². The monoisotopic (exact) mass is 254 g/mol. The Morgan fingerprint density at radius 2 is 2.00 bits per heavy atom. The maximum atomic E-state index is 10.7. The summed E-state index contributed by atoms with van der Waals surface area (Å²) in [5, 5.41) is 13.0. The second kappa shape index (κ2) is 4.49. The molecule has 6 heteroatoms. The SMILES string of the molecule is O=C(O)Cc1cc(-c2ccnc3ccnn23)ccn1. The van der Waals surface area contributed by atoms with E-state index in [4.69, 9.17) is 5.11 Å². The molecule has 3 aromatic rings. The lowest BCUT2D eigenvalue weighted by Crippen LogP contribution is -2.03. The van der Waals surface area contributed by atoms with E-state index in [1.54, 1.807) is 29.2 Å². The molecule has 94 valence electrons. The van der Waals surface area contributed by atoms with Crippen LogP contribution in [0.3, 0.4) is 0 Å². The van der Waals surface area contributed by atoms with Crippen molar-refractivity contribution < 1.29 is 9.90 Å². The maximum absolute atomic E-state index is 10.7. The van der Waals surface area contributed by atoms with Crippen molar-refractivity contribution >= 4 is 11.6 Å². The molecule has 0 amide bonds. The lowest BCUT2D eigenvalue weighted by atomic mass is 10.1. The van der Waals surface area contributed by atoms with E-state index in [9.17, 15) is 4.79 Å². The van der Waals surface area contributed by atoms with E-state index < -0.39 is 5.97 Å². The summed E-state index contributed by atoms with van der Waals surface area (Å²) in [4.78, 5) is 19.0. The van der Waals surface area contributed by atoms with Crippen molar-refractivity contribution in [3.8, 4) is 11.3 Å². The van der Waals surface area contributed by atoms with Crippen LogP contribution in [-0.2, 0) is 11.2 Å². The molecule has 0 aliphatic rings. The third-order valence-electron chi connectivity index (χ3n) is 2.73. The average Bonchev–Trinajstić information content (AvgIpc) is 2.86. The van der Waals surface area contributed by atoms with Crippen molar-refractivity contribution in [3.05, 3.63) is 48.5 Å². The molecule has 0 aliphatic heterocycles. The minimum atomic E-state index is -0.899. The normalized spacial score (nSPS) is 10.7. The number of aliphatic carboxylic acids is 1. The molecule has 6 nitrogen and oxygen atoms in total. The Balaban J connectivity index is 2.11. The molecule has 0 atom stereocenters. The molecule has 0 aliphatic carbocycles. The van der Waals surface area contributed by atoms with Crippen molar-refractivity contribution in [1.29, 1.82) is 0 Å². The molecule has 3 aromatic heterocycles. The minimum absolute atomic E-state index is 0.0961. The van der Waals surface area contributed by atoms with Gasteiger partial charge in [0.05, 0.1) is 24.0 Å². The number of aromatic nitrogens is 4. The highest BCUT2D eigenvalue weighted by Crippen LogP contribution is 2.19. The zero-order chi connectivity index (χ0) is 13.2. The summed E-state index contributed by atoms with van der Waals surface area (Å²) in [6.07, 6.45) is 4.87. The lowest BCUT2D eigenvalue weighted by Gasteiger charge is -2.05. The zero-order valence-corrected chi connectivity index (χ0v) is 9.89. The van der Waals surface area contributed by atoms with Gasteiger partial charge in [0.2, 0.25) is 0 Å². The van der Waals surface area contributed by atoms with Crippen LogP contribution >= 0.6 is 0 Å². The van der Waals surface area contributed by atoms with Crippen LogP contribution in [0.5, 0.6) is 0 Å². The van der Waals surface area contributed by atoms with Crippen molar-refractivity contribution in [2.75, 3.05) is 0 Å². The van der Waals surface area contributed by atoms with E-state index in [1.807, 2.05) is 18.2 Å². The first-order valence-corrected chi connectivity index (χ1v) is 5.70. The topological polar surface area (TPSA) is 80.4 Å². The second-order valence-corrected chi connectivity index (χ2v) is 4.04. The van der Waals surface area contributed by atoms with Crippen LogP contribution < -0.4 is 0 Å². The number of carboxylic acids is 1. The molecule has 0 radical (unpaired) electrons. The number of rotatable bonds is 3. The van der Waals surface area contributed by atoms with Gasteiger partial charge in [0, 0.05) is 24.0 Å². The van der Waals surface area contributed by atoms with Crippen LogP contribution in [0.25, 0.3) is 16.9 Å². The van der Waals surface area contributed by atoms with Crippen LogP contribution in [0.1, 0.15) is 5.69 Å². The minimum Gasteiger partial charge on any atom is -0.481 e. The Kier molecular flexibility index (Phi) is 2.68. The zero-order valence-electron chi connectivity index (χ0n) is 9.89. The molecule has 0 bridgehead atoms. The van der Waals surface area contributed by atoms with Crippen LogP contribution in [0.15, 0.2) is 42.9 Å². The van der Waals surface area contributed by atoms with Gasteiger partial charge in [-0.2, -0.15) is 5.10 Å². The van der Waals surface area contributed by atoms with Crippen molar-refractivity contribution in [2.24, 2.45) is 0 Å². The predicted molar refractivity (Wildman–Crippen MR) is 67.6 cm³/mol. The highest BCUT2D eigenvalue weighted by molar-refractivity contribution is 5.71. The number of pyridine rings is 1. The fraction of sp³-hybridized carbons (Fsp3) is 0.0769. The first-order valence-electron chi connectivity index (χ1n) is 5.70. The Bertz CT molecular complexity index is 751. The maximum Gasteiger partial charge on any atom is 0.309 e. The van der Waals surface area contributed by atoms with Gasteiger partial charge in [-0.1, -0.05) is 0 Å². The van der Waals surface area contributed by atoms with Gasteiger partial charge in [-0.05, 0) is 18.2 Å². The third-order valence-corrected chi connectivity index (χ3v) is 2.73.